The second kappa shape index (κ2) is 3.88. The number of nitrogens with two attached hydrogens (primary N) is 1. The Morgan fingerprint density at radius 3 is 2.33 bits per heavy atom. The highest BCUT2D eigenvalue weighted by Gasteiger charge is 2.38. The van der Waals surface area contributed by atoms with Gasteiger partial charge in [0.05, 0.1) is 10.8 Å². The van der Waals surface area contributed by atoms with Gasteiger partial charge in [-0.05, 0) is 37.8 Å². The standard InChI is InChI=1S/C10H17NO2S2/c1-7-5-6-14-8(7)9(11)10(2,3)15(4,12)13/h5-6,9H,11H2,1-4H3. The molecule has 1 aromatic rings. The van der Waals surface area contributed by atoms with Gasteiger partial charge in [0.25, 0.3) is 0 Å². The molecule has 5 heteroatoms. The van der Waals surface area contributed by atoms with Gasteiger partial charge >= 0.3 is 0 Å². The minimum Gasteiger partial charge on any atom is -0.322 e. The van der Waals surface area contributed by atoms with Crippen LogP contribution in [-0.2, 0) is 9.84 Å². The number of thiophene rings is 1. The Hall–Kier alpha value is -0.390. The lowest BCUT2D eigenvalue weighted by Crippen LogP contribution is -2.42. The topological polar surface area (TPSA) is 60.2 Å². The molecule has 1 aromatic heterocycles. The maximum Gasteiger partial charge on any atom is 0.154 e. The van der Waals surface area contributed by atoms with Crippen LogP contribution in [0.2, 0.25) is 0 Å². The van der Waals surface area contributed by atoms with Crippen molar-refractivity contribution in [3.8, 4) is 0 Å². The first-order valence-electron chi connectivity index (χ1n) is 4.67. The van der Waals surface area contributed by atoms with Crippen LogP contribution in [-0.4, -0.2) is 19.4 Å². The average molecular weight is 247 g/mol. The van der Waals surface area contributed by atoms with Crippen molar-refractivity contribution in [1.82, 2.24) is 0 Å². The lowest BCUT2D eigenvalue weighted by Gasteiger charge is -2.29. The molecule has 0 aromatic carbocycles. The smallest absolute Gasteiger partial charge is 0.154 e. The minimum absolute atomic E-state index is 0.465. The highest BCUT2D eigenvalue weighted by molar-refractivity contribution is 7.92. The molecule has 0 fully saturated rings. The molecule has 0 aliphatic carbocycles. The van der Waals surface area contributed by atoms with Crippen molar-refractivity contribution in [2.75, 3.05) is 6.26 Å². The van der Waals surface area contributed by atoms with Gasteiger partial charge in [-0.25, -0.2) is 8.42 Å². The summed E-state index contributed by atoms with van der Waals surface area (Å²) in [6.07, 6.45) is 1.23. The van der Waals surface area contributed by atoms with E-state index in [0.717, 1.165) is 10.4 Å². The quantitative estimate of drug-likeness (QED) is 0.887. The van der Waals surface area contributed by atoms with E-state index in [4.69, 9.17) is 5.73 Å². The highest BCUT2D eigenvalue weighted by Crippen LogP contribution is 2.34. The van der Waals surface area contributed by atoms with Crippen molar-refractivity contribution in [3.63, 3.8) is 0 Å². The summed E-state index contributed by atoms with van der Waals surface area (Å²) in [4.78, 5) is 0.949. The molecule has 1 heterocycles. The summed E-state index contributed by atoms with van der Waals surface area (Å²) in [6, 6.07) is 1.49. The van der Waals surface area contributed by atoms with Gasteiger partial charge in [-0.1, -0.05) is 0 Å². The largest absolute Gasteiger partial charge is 0.322 e. The van der Waals surface area contributed by atoms with E-state index in [1.54, 1.807) is 13.8 Å². The van der Waals surface area contributed by atoms with E-state index in [1.807, 2.05) is 18.4 Å². The van der Waals surface area contributed by atoms with Gasteiger partial charge in [0.15, 0.2) is 9.84 Å². The molecule has 0 saturated heterocycles. The molecule has 1 rings (SSSR count). The normalized spacial score (nSPS) is 15.3. The van der Waals surface area contributed by atoms with Crippen molar-refractivity contribution in [3.05, 3.63) is 21.9 Å². The van der Waals surface area contributed by atoms with Crippen molar-refractivity contribution < 1.29 is 8.42 Å². The molecular weight excluding hydrogens is 230 g/mol. The summed E-state index contributed by atoms with van der Waals surface area (Å²) in [5.41, 5.74) is 7.09. The summed E-state index contributed by atoms with van der Waals surface area (Å²) in [5.74, 6) is 0. The number of hydrogen-bond donors (Lipinski definition) is 1. The predicted molar refractivity (Wildman–Crippen MR) is 64.9 cm³/mol. The zero-order valence-electron chi connectivity index (χ0n) is 9.44. The van der Waals surface area contributed by atoms with E-state index in [9.17, 15) is 8.42 Å². The first-order chi connectivity index (χ1) is 6.68. The van der Waals surface area contributed by atoms with Gasteiger partial charge in [0.2, 0.25) is 0 Å². The maximum atomic E-state index is 11.6. The highest BCUT2D eigenvalue weighted by atomic mass is 32.2. The third-order valence-electron chi connectivity index (χ3n) is 2.89. The summed E-state index contributed by atoms with van der Waals surface area (Å²) in [7, 11) is -3.16. The van der Waals surface area contributed by atoms with Gasteiger partial charge in [-0.3, -0.25) is 0 Å². The molecule has 0 saturated carbocycles. The Morgan fingerprint density at radius 1 is 1.47 bits per heavy atom. The van der Waals surface area contributed by atoms with Crippen molar-refractivity contribution >= 4 is 21.2 Å². The number of rotatable bonds is 3. The number of aryl methyl sites for hydroxylation is 1. The summed E-state index contributed by atoms with van der Waals surface area (Å²) in [6.45, 7) is 5.29. The zero-order chi connectivity index (χ0) is 11.9. The molecular formula is C10H17NO2S2. The Morgan fingerprint density at radius 2 is 2.00 bits per heavy atom. The van der Waals surface area contributed by atoms with E-state index in [1.165, 1.54) is 17.6 Å². The first kappa shape index (κ1) is 12.7. The fraction of sp³-hybridized carbons (Fsp3) is 0.600. The molecule has 0 bridgehead atoms. The van der Waals surface area contributed by atoms with Crippen LogP contribution in [0.3, 0.4) is 0 Å². The second-order valence-corrected chi connectivity index (χ2v) is 7.87. The summed E-state index contributed by atoms with van der Waals surface area (Å²) >= 11 is 1.51. The van der Waals surface area contributed by atoms with E-state index in [-0.39, 0.29) is 0 Å². The molecule has 0 radical (unpaired) electrons. The predicted octanol–water partition coefficient (Wildman–Crippen LogP) is 1.88. The molecule has 1 atom stereocenters. The Labute approximate surface area is 95.2 Å². The molecule has 1 unspecified atom stereocenters. The van der Waals surface area contributed by atoms with Crippen LogP contribution in [0.4, 0.5) is 0 Å². The van der Waals surface area contributed by atoms with Gasteiger partial charge in [0.1, 0.15) is 0 Å². The SMILES string of the molecule is Cc1ccsc1C(N)C(C)(C)S(C)(=O)=O. The van der Waals surface area contributed by atoms with Crippen LogP contribution >= 0.6 is 11.3 Å². The number of sulfone groups is 1. The fourth-order valence-electron chi connectivity index (χ4n) is 1.25. The van der Waals surface area contributed by atoms with Gasteiger partial charge in [-0.15, -0.1) is 11.3 Å². The van der Waals surface area contributed by atoms with Crippen LogP contribution in [0, 0.1) is 6.92 Å². The van der Waals surface area contributed by atoms with E-state index < -0.39 is 20.6 Å². The summed E-state index contributed by atoms with van der Waals surface area (Å²) in [5, 5.41) is 1.93. The minimum atomic E-state index is -3.16. The number of hydrogen-bond acceptors (Lipinski definition) is 4. The molecule has 0 aliphatic heterocycles. The van der Waals surface area contributed by atoms with Crippen LogP contribution in [0.1, 0.15) is 30.3 Å². The van der Waals surface area contributed by atoms with Crippen LogP contribution in [0.5, 0.6) is 0 Å². The molecule has 0 spiro atoms. The van der Waals surface area contributed by atoms with E-state index in [2.05, 4.69) is 0 Å². The van der Waals surface area contributed by atoms with Crippen molar-refractivity contribution in [2.45, 2.75) is 31.6 Å². The fourth-order valence-corrected chi connectivity index (χ4v) is 3.02. The Bertz CT molecular complexity index is 446. The second-order valence-electron chi connectivity index (χ2n) is 4.32. The zero-order valence-corrected chi connectivity index (χ0v) is 11.1. The van der Waals surface area contributed by atoms with Crippen LogP contribution < -0.4 is 5.73 Å². The van der Waals surface area contributed by atoms with Gasteiger partial charge in [-0.2, -0.15) is 0 Å². The van der Waals surface area contributed by atoms with Crippen LogP contribution in [0.15, 0.2) is 11.4 Å². The molecule has 86 valence electrons. The third kappa shape index (κ3) is 2.24. The maximum absolute atomic E-state index is 11.6. The Kier molecular flexibility index (Phi) is 3.28. The van der Waals surface area contributed by atoms with Crippen molar-refractivity contribution in [1.29, 1.82) is 0 Å². The molecule has 0 amide bonds. The molecule has 15 heavy (non-hydrogen) atoms. The summed E-state index contributed by atoms with van der Waals surface area (Å²) < 4.78 is 22.3. The van der Waals surface area contributed by atoms with E-state index >= 15 is 0 Å². The monoisotopic (exact) mass is 247 g/mol. The average Bonchev–Trinajstić information content (AvgIpc) is 2.48. The molecule has 3 nitrogen and oxygen atoms in total. The van der Waals surface area contributed by atoms with Crippen molar-refractivity contribution in [2.24, 2.45) is 5.73 Å². The molecule has 0 aliphatic rings. The third-order valence-corrected chi connectivity index (χ3v) is 6.16. The first-order valence-corrected chi connectivity index (χ1v) is 7.44. The lowest BCUT2D eigenvalue weighted by molar-refractivity contribution is 0.500. The molecule has 2 N–H and O–H groups in total. The van der Waals surface area contributed by atoms with E-state index in [0.29, 0.717) is 0 Å². The lowest BCUT2D eigenvalue weighted by atomic mass is 10.0. The van der Waals surface area contributed by atoms with Gasteiger partial charge < -0.3 is 5.73 Å². The Balaban J connectivity index is 3.16. The van der Waals surface area contributed by atoms with Gasteiger partial charge in [0, 0.05) is 11.1 Å². The van der Waals surface area contributed by atoms with Crippen LogP contribution in [0.25, 0.3) is 0 Å².